The largest absolute Gasteiger partial charge is 0.423 e. The molecule has 4 nitrogen and oxygen atoms in total. The van der Waals surface area contributed by atoms with E-state index in [9.17, 15) is 4.39 Å². The van der Waals surface area contributed by atoms with Gasteiger partial charge in [0, 0.05) is 6.42 Å². The van der Waals surface area contributed by atoms with Crippen LogP contribution in [-0.4, -0.2) is 10.2 Å². The second-order valence-electron chi connectivity index (χ2n) is 3.54. The van der Waals surface area contributed by atoms with Crippen LogP contribution in [0.4, 0.5) is 10.1 Å². The van der Waals surface area contributed by atoms with Crippen LogP contribution < -0.4 is 5.32 Å². The first-order valence-corrected chi connectivity index (χ1v) is 6.47. The number of rotatable bonds is 4. The van der Waals surface area contributed by atoms with E-state index in [0.29, 0.717) is 39.9 Å². The molecule has 96 valence electrons. The molecule has 0 saturated heterocycles. The number of halogens is 3. The SMILES string of the molecule is CCc1nnc(CNc2cc(F)c(Br)cc2Cl)o1. The number of hydrogen-bond acceptors (Lipinski definition) is 4. The van der Waals surface area contributed by atoms with Gasteiger partial charge in [0.1, 0.15) is 5.82 Å². The van der Waals surface area contributed by atoms with Crippen molar-refractivity contribution in [1.82, 2.24) is 10.2 Å². The topological polar surface area (TPSA) is 51.0 Å². The zero-order valence-corrected chi connectivity index (χ0v) is 11.8. The molecule has 0 aliphatic rings. The van der Waals surface area contributed by atoms with E-state index in [1.54, 1.807) is 0 Å². The Morgan fingerprint density at radius 2 is 2.11 bits per heavy atom. The summed E-state index contributed by atoms with van der Waals surface area (Å²) in [6.07, 6.45) is 0.681. The third-order valence-corrected chi connectivity index (χ3v) is 3.17. The van der Waals surface area contributed by atoms with E-state index in [2.05, 4.69) is 31.4 Å². The van der Waals surface area contributed by atoms with Crippen molar-refractivity contribution in [3.63, 3.8) is 0 Å². The fraction of sp³-hybridized carbons (Fsp3) is 0.273. The van der Waals surface area contributed by atoms with Crippen molar-refractivity contribution in [1.29, 1.82) is 0 Å². The van der Waals surface area contributed by atoms with Crippen LogP contribution in [0.3, 0.4) is 0 Å². The van der Waals surface area contributed by atoms with Crippen LogP contribution >= 0.6 is 27.5 Å². The molecule has 1 aromatic heterocycles. The molecule has 2 rings (SSSR count). The van der Waals surface area contributed by atoms with E-state index in [1.807, 2.05) is 6.92 Å². The van der Waals surface area contributed by atoms with Gasteiger partial charge in [-0.15, -0.1) is 10.2 Å². The van der Waals surface area contributed by atoms with Crippen LogP contribution in [0.1, 0.15) is 18.7 Å². The quantitative estimate of drug-likeness (QED) is 0.864. The minimum atomic E-state index is -0.387. The van der Waals surface area contributed by atoms with Crippen molar-refractivity contribution < 1.29 is 8.81 Å². The molecule has 2 aromatic rings. The van der Waals surface area contributed by atoms with Gasteiger partial charge in [-0.05, 0) is 28.1 Å². The van der Waals surface area contributed by atoms with Gasteiger partial charge in [-0.2, -0.15) is 0 Å². The van der Waals surface area contributed by atoms with Gasteiger partial charge in [-0.25, -0.2) is 4.39 Å². The Morgan fingerprint density at radius 3 is 2.78 bits per heavy atom. The predicted molar refractivity (Wildman–Crippen MR) is 70.1 cm³/mol. The Bertz CT molecular complexity index is 561. The molecule has 0 aliphatic heterocycles. The lowest BCUT2D eigenvalue weighted by Crippen LogP contribution is -2.01. The van der Waals surface area contributed by atoms with Gasteiger partial charge in [-0.3, -0.25) is 0 Å². The summed E-state index contributed by atoms with van der Waals surface area (Å²) in [7, 11) is 0. The molecule has 1 aromatic carbocycles. The van der Waals surface area contributed by atoms with Gasteiger partial charge in [-0.1, -0.05) is 18.5 Å². The third kappa shape index (κ3) is 3.00. The van der Waals surface area contributed by atoms with Gasteiger partial charge in [0.25, 0.3) is 0 Å². The number of aromatic nitrogens is 2. The summed E-state index contributed by atoms with van der Waals surface area (Å²) < 4.78 is 19.0. The summed E-state index contributed by atoms with van der Waals surface area (Å²) in [5, 5.41) is 11.0. The predicted octanol–water partition coefficient (Wildman–Crippen LogP) is 3.80. The number of aryl methyl sites for hydroxylation is 1. The van der Waals surface area contributed by atoms with Gasteiger partial charge < -0.3 is 9.73 Å². The second kappa shape index (κ2) is 5.67. The van der Waals surface area contributed by atoms with Crippen molar-refractivity contribution in [2.75, 3.05) is 5.32 Å². The smallest absolute Gasteiger partial charge is 0.235 e. The first kappa shape index (κ1) is 13.3. The number of hydrogen-bond donors (Lipinski definition) is 1. The number of nitrogens with one attached hydrogen (secondary N) is 1. The summed E-state index contributed by atoms with van der Waals surface area (Å²) in [4.78, 5) is 0. The van der Waals surface area contributed by atoms with Crippen LogP contribution in [0.25, 0.3) is 0 Å². The molecule has 1 N–H and O–H groups in total. The highest BCUT2D eigenvalue weighted by atomic mass is 79.9. The van der Waals surface area contributed by atoms with Gasteiger partial charge in [0.2, 0.25) is 11.8 Å². The van der Waals surface area contributed by atoms with Crippen LogP contribution in [0.15, 0.2) is 21.0 Å². The van der Waals surface area contributed by atoms with E-state index >= 15 is 0 Å². The molecule has 0 spiro atoms. The van der Waals surface area contributed by atoms with E-state index in [0.717, 1.165) is 0 Å². The third-order valence-electron chi connectivity index (χ3n) is 2.25. The standard InChI is InChI=1S/C11H10BrClFN3O/c1-2-10-16-17-11(18-10)5-15-9-4-8(14)6(12)3-7(9)13/h3-4,15H,2,5H2,1H3. The fourth-order valence-corrected chi connectivity index (χ4v) is 2.04. The lowest BCUT2D eigenvalue weighted by molar-refractivity contribution is 0.460. The molecule has 7 heteroatoms. The van der Waals surface area contributed by atoms with Crippen molar-refractivity contribution in [2.24, 2.45) is 0 Å². The lowest BCUT2D eigenvalue weighted by Gasteiger charge is -2.07. The molecular formula is C11H10BrClFN3O. The monoisotopic (exact) mass is 333 g/mol. The second-order valence-corrected chi connectivity index (χ2v) is 4.80. The van der Waals surface area contributed by atoms with E-state index in [-0.39, 0.29) is 5.82 Å². The molecule has 0 atom stereocenters. The number of benzene rings is 1. The van der Waals surface area contributed by atoms with Crippen molar-refractivity contribution >= 4 is 33.2 Å². The molecule has 0 saturated carbocycles. The Balaban J connectivity index is 2.08. The zero-order valence-electron chi connectivity index (χ0n) is 9.51. The molecule has 0 unspecified atom stereocenters. The van der Waals surface area contributed by atoms with E-state index in [4.69, 9.17) is 16.0 Å². The summed E-state index contributed by atoms with van der Waals surface area (Å²) in [6.45, 7) is 2.22. The van der Waals surface area contributed by atoms with E-state index in [1.165, 1.54) is 12.1 Å². The van der Waals surface area contributed by atoms with Crippen LogP contribution in [0, 0.1) is 5.82 Å². The molecule has 0 fully saturated rings. The molecule has 0 radical (unpaired) electrons. The molecule has 1 heterocycles. The van der Waals surface area contributed by atoms with Gasteiger partial charge >= 0.3 is 0 Å². The highest BCUT2D eigenvalue weighted by molar-refractivity contribution is 9.10. The highest BCUT2D eigenvalue weighted by Crippen LogP contribution is 2.28. The number of anilines is 1. The maximum Gasteiger partial charge on any atom is 0.235 e. The van der Waals surface area contributed by atoms with Gasteiger partial charge in [0.15, 0.2) is 0 Å². The Labute approximate surface area is 117 Å². The summed E-state index contributed by atoms with van der Waals surface area (Å²) in [6, 6.07) is 2.80. The van der Waals surface area contributed by atoms with Crippen LogP contribution in [-0.2, 0) is 13.0 Å². The number of nitrogens with zero attached hydrogens (tertiary/aromatic N) is 2. The molecule has 0 bridgehead atoms. The Morgan fingerprint density at radius 1 is 1.39 bits per heavy atom. The summed E-state index contributed by atoms with van der Waals surface area (Å²) in [5.74, 6) is 0.618. The molecular weight excluding hydrogens is 324 g/mol. The normalized spacial score (nSPS) is 10.7. The average molecular weight is 335 g/mol. The minimum Gasteiger partial charge on any atom is -0.423 e. The van der Waals surface area contributed by atoms with Crippen molar-refractivity contribution in [2.45, 2.75) is 19.9 Å². The summed E-state index contributed by atoms with van der Waals surface area (Å²) in [5.41, 5.74) is 0.480. The first-order valence-electron chi connectivity index (χ1n) is 5.29. The summed E-state index contributed by atoms with van der Waals surface area (Å²) >= 11 is 9.04. The highest BCUT2D eigenvalue weighted by Gasteiger charge is 2.08. The van der Waals surface area contributed by atoms with Crippen LogP contribution in [0.2, 0.25) is 5.02 Å². The zero-order chi connectivity index (χ0) is 13.1. The first-order chi connectivity index (χ1) is 8.60. The molecule has 18 heavy (non-hydrogen) atoms. The fourth-order valence-electron chi connectivity index (χ4n) is 1.33. The van der Waals surface area contributed by atoms with E-state index < -0.39 is 0 Å². The maximum atomic E-state index is 13.3. The minimum absolute atomic E-state index is 0.299. The Kier molecular flexibility index (Phi) is 4.19. The van der Waals surface area contributed by atoms with Gasteiger partial charge in [0.05, 0.1) is 21.7 Å². The van der Waals surface area contributed by atoms with Crippen molar-refractivity contribution in [3.8, 4) is 0 Å². The van der Waals surface area contributed by atoms with Crippen molar-refractivity contribution in [3.05, 3.63) is 39.2 Å². The molecule has 0 amide bonds. The average Bonchev–Trinajstić information content (AvgIpc) is 2.80. The Hall–Kier alpha value is -1.14. The maximum absolute atomic E-state index is 13.3. The van der Waals surface area contributed by atoms with Crippen LogP contribution in [0.5, 0.6) is 0 Å². The lowest BCUT2D eigenvalue weighted by atomic mass is 10.3. The molecule has 0 aliphatic carbocycles.